The Balaban J connectivity index is 1.74. The molecule has 4 rings (SSSR count). The van der Waals surface area contributed by atoms with Crippen molar-refractivity contribution in [3.8, 4) is 17.3 Å². The first-order chi connectivity index (χ1) is 15.5. The van der Waals surface area contributed by atoms with E-state index in [0.717, 1.165) is 29.8 Å². The first kappa shape index (κ1) is 22.3. The lowest BCUT2D eigenvalue weighted by Gasteiger charge is -2.23. The van der Waals surface area contributed by atoms with Crippen LogP contribution in [0.4, 0.5) is 4.39 Å². The fraction of sp³-hybridized carbons (Fsp3) is 0.333. The van der Waals surface area contributed by atoms with Crippen molar-refractivity contribution in [1.82, 2.24) is 14.7 Å². The second-order valence-electron chi connectivity index (χ2n) is 7.84. The van der Waals surface area contributed by atoms with Crippen LogP contribution in [0.5, 0.6) is 11.6 Å². The lowest BCUT2D eigenvalue weighted by atomic mass is 10.2. The molecule has 168 valence electrons. The molecule has 8 heteroatoms. The first-order valence-electron chi connectivity index (χ1n) is 10.5. The first-order valence-corrected chi connectivity index (χ1v) is 10.9. The van der Waals surface area contributed by atoms with Gasteiger partial charge in [0.05, 0.1) is 30.1 Å². The molecule has 32 heavy (non-hydrogen) atoms. The summed E-state index contributed by atoms with van der Waals surface area (Å²) in [6.07, 6.45) is 1.83. The minimum atomic E-state index is -0.399. The van der Waals surface area contributed by atoms with E-state index < -0.39 is 5.82 Å². The van der Waals surface area contributed by atoms with Crippen LogP contribution in [-0.4, -0.2) is 40.8 Å². The number of aromatic nitrogens is 2. The minimum Gasteiger partial charge on any atom is -0.438 e. The zero-order valence-electron chi connectivity index (χ0n) is 18.1. The molecule has 1 saturated carbocycles. The highest BCUT2D eigenvalue weighted by atomic mass is 35.5. The smallest absolute Gasteiger partial charge is 0.227 e. The normalized spacial score (nSPS) is 13.2. The molecule has 0 aliphatic heterocycles. The van der Waals surface area contributed by atoms with Crippen LogP contribution in [0.1, 0.15) is 24.1 Å². The number of nitrogens with zero attached hydrogens (tertiary/aromatic N) is 3. The molecule has 0 saturated heterocycles. The number of benzene rings is 2. The highest BCUT2D eigenvalue weighted by Gasteiger charge is 2.34. The van der Waals surface area contributed by atoms with Crippen LogP contribution in [0.25, 0.3) is 5.69 Å². The van der Waals surface area contributed by atoms with E-state index in [4.69, 9.17) is 21.1 Å². The lowest BCUT2D eigenvalue weighted by molar-refractivity contribution is -0.133. The molecule has 3 aromatic rings. The number of aryl methyl sites for hydroxylation is 1. The summed E-state index contributed by atoms with van der Waals surface area (Å²) in [5.41, 5.74) is 2.22. The van der Waals surface area contributed by atoms with Gasteiger partial charge in [-0.15, -0.1) is 0 Å². The zero-order chi connectivity index (χ0) is 22.7. The van der Waals surface area contributed by atoms with E-state index in [1.54, 1.807) is 41.0 Å². The highest BCUT2D eigenvalue weighted by molar-refractivity contribution is 6.30. The molecule has 1 aliphatic rings. The third-order valence-electron chi connectivity index (χ3n) is 5.37. The van der Waals surface area contributed by atoms with Crippen molar-refractivity contribution < 1.29 is 18.7 Å². The molecular formula is C24H25ClFN3O3. The van der Waals surface area contributed by atoms with Crippen molar-refractivity contribution in [1.29, 1.82) is 0 Å². The molecule has 0 bridgehead atoms. The Labute approximate surface area is 191 Å². The largest absolute Gasteiger partial charge is 0.438 e. The Morgan fingerprint density at radius 3 is 2.66 bits per heavy atom. The number of halogens is 2. The summed E-state index contributed by atoms with van der Waals surface area (Å²) in [5, 5.41) is 5.27. The molecule has 1 aromatic heterocycles. The maximum atomic E-state index is 13.8. The Bertz CT molecular complexity index is 1100. The minimum absolute atomic E-state index is 0.0751. The molecule has 0 radical (unpaired) electrons. The van der Waals surface area contributed by atoms with Crippen LogP contribution >= 0.6 is 11.6 Å². The van der Waals surface area contributed by atoms with E-state index in [1.165, 1.54) is 12.1 Å². The summed E-state index contributed by atoms with van der Waals surface area (Å²) in [4.78, 5) is 14.7. The van der Waals surface area contributed by atoms with Gasteiger partial charge in [-0.3, -0.25) is 4.79 Å². The third-order valence-corrected chi connectivity index (χ3v) is 5.62. The fourth-order valence-corrected chi connectivity index (χ4v) is 3.60. The van der Waals surface area contributed by atoms with Crippen LogP contribution in [-0.2, 0) is 16.1 Å². The second kappa shape index (κ2) is 9.71. The number of carbonyl (C=O) groups is 1. The maximum absolute atomic E-state index is 13.8. The Morgan fingerprint density at radius 2 is 2.00 bits per heavy atom. The molecular weight excluding hydrogens is 433 g/mol. The van der Waals surface area contributed by atoms with Gasteiger partial charge in [0.15, 0.2) is 0 Å². The molecule has 0 spiro atoms. The molecule has 0 unspecified atom stereocenters. The average molecular weight is 458 g/mol. The molecule has 1 aliphatic carbocycles. The van der Waals surface area contributed by atoms with Gasteiger partial charge in [-0.05, 0) is 56.2 Å². The van der Waals surface area contributed by atoms with Gasteiger partial charge in [-0.1, -0.05) is 17.7 Å². The molecule has 6 nitrogen and oxygen atoms in total. The third kappa shape index (κ3) is 5.11. The molecule has 0 atom stereocenters. The van der Waals surface area contributed by atoms with E-state index in [9.17, 15) is 9.18 Å². The van der Waals surface area contributed by atoms with Crippen LogP contribution < -0.4 is 4.74 Å². The van der Waals surface area contributed by atoms with Gasteiger partial charge in [0.2, 0.25) is 11.8 Å². The molecule has 1 fully saturated rings. The Morgan fingerprint density at radius 1 is 1.25 bits per heavy atom. The highest BCUT2D eigenvalue weighted by Crippen LogP contribution is 2.35. The van der Waals surface area contributed by atoms with Crippen molar-refractivity contribution in [2.24, 2.45) is 5.92 Å². The number of rotatable bonds is 9. The lowest BCUT2D eigenvalue weighted by Crippen LogP contribution is -2.34. The quantitative estimate of drug-likeness (QED) is 0.446. The van der Waals surface area contributed by atoms with E-state index in [2.05, 4.69) is 5.10 Å². The predicted octanol–water partition coefficient (Wildman–Crippen LogP) is 5.15. The maximum Gasteiger partial charge on any atom is 0.227 e. The molecule has 1 heterocycles. The summed E-state index contributed by atoms with van der Waals surface area (Å²) in [7, 11) is 1.61. The number of ether oxygens (including phenoxy) is 2. The van der Waals surface area contributed by atoms with Gasteiger partial charge < -0.3 is 14.4 Å². The monoisotopic (exact) mass is 457 g/mol. The Kier molecular flexibility index (Phi) is 6.77. The number of amides is 1. The van der Waals surface area contributed by atoms with Crippen molar-refractivity contribution in [2.75, 3.05) is 20.3 Å². The van der Waals surface area contributed by atoms with Gasteiger partial charge in [-0.25, -0.2) is 9.07 Å². The van der Waals surface area contributed by atoms with Crippen molar-refractivity contribution >= 4 is 17.5 Å². The molecule has 1 amide bonds. The van der Waals surface area contributed by atoms with E-state index in [-0.39, 0.29) is 11.8 Å². The number of carbonyl (C=O) groups excluding carboxylic acids is 1. The second-order valence-corrected chi connectivity index (χ2v) is 8.28. The van der Waals surface area contributed by atoms with Crippen LogP contribution in [0.3, 0.4) is 0 Å². The summed E-state index contributed by atoms with van der Waals surface area (Å²) >= 11 is 6.05. The number of hydrogen-bond acceptors (Lipinski definition) is 4. The van der Waals surface area contributed by atoms with Gasteiger partial charge in [0.1, 0.15) is 11.6 Å². The van der Waals surface area contributed by atoms with Gasteiger partial charge in [0, 0.05) is 30.7 Å². The van der Waals surface area contributed by atoms with Crippen molar-refractivity contribution in [2.45, 2.75) is 26.3 Å². The van der Waals surface area contributed by atoms with Gasteiger partial charge in [-0.2, -0.15) is 5.10 Å². The topological polar surface area (TPSA) is 56.6 Å². The van der Waals surface area contributed by atoms with Crippen LogP contribution in [0, 0.1) is 18.7 Å². The molecule has 0 N–H and O–H groups in total. The van der Waals surface area contributed by atoms with E-state index in [1.807, 2.05) is 19.1 Å². The summed E-state index contributed by atoms with van der Waals surface area (Å²) < 4.78 is 26.8. The predicted molar refractivity (Wildman–Crippen MR) is 120 cm³/mol. The average Bonchev–Trinajstić information content (AvgIpc) is 3.58. The van der Waals surface area contributed by atoms with Crippen molar-refractivity contribution in [3.63, 3.8) is 0 Å². The number of methoxy groups -OCH3 is 1. The summed E-state index contributed by atoms with van der Waals surface area (Å²) in [6.45, 7) is 3.10. The fourth-order valence-electron chi connectivity index (χ4n) is 3.47. The van der Waals surface area contributed by atoms with Gasteiger partial charge >= 0.3 is 0 Å². The standard InChI is InChI=1S/C24H25ClFN3O3/c1-16-22(15-28(12-13-31-2)23(30)17-6-7-17)24(32-21-5-3-4-19(26)14-21)29(27-16)20-10-8-18(25)9-11-20/h3-5,8-11,14,17H,6-7,12-13,15H2,1-2H3. The van der Waals surface area contributed by atoms with E-state index in [0.29, 0.717) is 36.3 Å². The SMILES string of the molecule is COCCN(Cc1c(C)nn(-c2ccc(Cl)cc2)c1Oc1cccc(F)c1)C(=O)C1CC1. The van der Waals surface area contributed by atoms with Crippen LogP contribution in [0.2, 0.25) is 5.02 Å². The van der Waals surface area contributed by atoms with E-state index >= 15 is 0 Å². The summed E-state index contributed by atoms with van der Waals surface area (Å²) in [5.74, 6) is 0.562. The summed E-state index contributed by atoms with van der Waals surface area (Å²) in [6, 6.07) is 13.1. The van der Waals surface area contributed by atoms with Crippen LogP contribution in [0.15, 0.2) is 48.5 Å². The molecule has 2 aromatic carbocycles. The van der Waals surface area contributed by atoms with Gasteiger partial charge in [0.25, 0.3) is 0 Å². The Hall–Kier alpha value is -2.90. The van der Waals surface area contributed by atoms with Crippen molar-refractivity contribution in [3.05, 3.63) is 70.6 Å². The zero-order valence-corrected chi connectivity index (χ0v) is 18.8. The number of hydrogen-bond donors (Lipinski definition) is 0.